The first-order chi connectivity index (χ1) is 11.5. The highest BCUT2D eigenvalue weighted by molar-refractivity contribution is 9.10. The van der Waals surface area contributed by atoms with Gasteiger partial charge in [0.05, 0.1) is 4.88 Å². The average Bonchev–Trinajstić information content (AvgIpc) is 3.07. The molecule has 24 heavy (non-hydrogen) atoms. The van der Waals surface area contributed by atoms with Crippen LogP contribution in [0.2, 0.25) is 0 Å². The second-order valence-electron chi connectivity index (χ2n) is 5.20. The number of carbonyl (C=O) groups excluding carboxylic acids is 1. The number of aryl methyl sites for hydroxylation is 1. The van der Waals surface area contributed by atoms with Gasteiger partial charge in [-0.25, -0.2) is 4.68 Å². The van der Waals surface area contributed by atoms with Crippen LogP contribution in [0.1, 0.15) is 5.56 Å². The van der Waals surface area contributed by atoms with Crippen LogP contribution in [0.5, 0.6) is 0 Å². The van der Waals surface area contributed by atoms with Gasteiger partial charge in [-0.3, -0.25) is 9.59 Å². The molecule has 0 saturated carbocycles. The van der Waals surface area contributed by atoms with E-state index in [1.165, 1.54) is 22.1 Å². The van der Waals surface area contributed by atoms with Crippen molar-refractivity contribution in [3.63, 3.8) is 0 Å². The van der Waals surface area contributed by atoms with Crippen LogP contribution in [0.25, 0.3) is 10.6 Å². The van der Waals surface area contributed by atoms with Crippen LogP contribution >= 0.6 is 27.3 Å². The molecule has 0 aliphatic heterocycles. The minimum atomic E-state index is -0.308. The van der Waals surface area contributed by atoms with Gasteiger partial charge in [0, 0.05) is 16.2 Å². The molecule has 1 N–H and O–H groups in total. The first-order valence-electron chi connectivity index (χ1n) is 7.21. The number of nitrogens with zero attached hydrogens (tertiary/aromatic N) is 2. The first-order valence-corrected chi connectivity index (χ1v) is 8.88. The predicted molar refractivity (Wildman–Crippen MR) is 99.3 cm³/mol. The summed E-state index contributed by atoms with van der Waals surface area (Å²) >= 11 is 4.95. The highest BCUT2D eigenvalue weighted by Gasteiger charge is 2.09. The molecule has 0 fully saturated rings. The molecule has 0 unspecified atom stereocenters. The molecule has 3 rings (SSSR count). The fourth-order valence-corrected chi connectivity index (χ4v) is 3.11. The Labute approximate surface area is 151 Å². The third-order valence-electron chi connectivity index (χ3n) is 3.38. The summed E-state index contributed by atoms with van der Waals surface area (Å²) in [6.45, 7) is 1.81. The van der Waals surface area contributed by atoms with Gasteiger partial charge in [0.1, 0.15) is 12.2 Å². The van der Waals surface area contributed by atoms with Crippen LogP contribution in [0.4, 0.5) is 5.69 Å². The number of amides is 1. The molecule has 0 saturated heterocycles. The molecule has 1 aromatic carbocycles. The van der Waals surface area contributed by atoms with Gasteiger partial charge in [-0.05, 0) is 48.2 Å². The van der Waals surface area contributed by atoms with Crippen LogP contribution < -0.4 is 10.9 Å². The van der Waals surface area contributed by atoms with E-state index in [4.69, 9.17) is 0 Å². The Morgan fingerprint density at radius 2 is 2.12 bits per heavy atom. The lowest BCUT2D eigenvalue weighted by molar-refractivity contribution is -0.117. The molecular formula is C17H14BrN3O2S. The lowest BCUT2D eigenvalue weighted by Crippen LogP contribution is -2.29. The third-order valence-corrected chi connectivity index (χ3v) is 5.16. The molecule has 7 heteroatoms. The maximum Gasteiger partial charge on any atom is 0.267 e. The third kappa shape index (κ3) is 3.80. The van der Waals surface area contributed by atoms with Gasteiger partial charge < -0.3 is 5.32 Å². The maximum absolute atomic E-state index is 12.2. The first kappa shape index (κ1) is 16.6. The SMILES string of the molecule is Cc1cc(NC(=O)Cn2nc(-c3cccs3)ccc2=O)ccc1Br. The molecule has 2 aromatic heterocycles. The Balaban J connectivity index is 1.77. The van der Waals surface area contributed by atoms with Gasteiger partial charge in [-0.15, -0.1) is 11.3 Å². The molecule has 1 amide bonds. The molecule has 3 aromatic rings. The molecule has 0 spiro atoms. The zero-order valence-corrected chi connectivity index (χ0v) is 15.2. The Bertz CT molecular complexity index is 935. The van der Waals surface area contributed by atoms with Crippen molar-refractivity contribution < 1.29 is 4.79 Å². The van der Waals surface area contributed by atoms with Crippen molar-refractivity contribution in [3.8, 4) is 10.6 Å². The van der Waals surface area contributed by atoms with Crippen molar-refractivity contribution >= 4 is 38.9 Å². The molecule has 0 aliphatic rings. The summed E-state index contributed by atoms with van der Waals surface area (Å²) in [7, 11) is 0. The summed E-state index contributed by atoms with van der Waals surface area (Å²) in [5.74, 6) is -0.297. The predicted octanol–water partition coefficient (Wildman–Crippen LogP) is 3.68. The van der Waals surface area contributed by atoms with Gasteiger partial charge in [0.2, 0.25) is 5.91 Å². The van der Waals surface area contributed by atoms with Gasteiger partial charge in [0.25, 0.3) is 5.56 Å². The Morgan fingerprint density at radius 1 is 1.29 bits per heavy atom. The van der Waals surface area contributed by atoms with E-state index in [0.29, 0.717) is 11.4 Å². The van der Waals surface area contributed by atoms with Gasteiger partial charge in [-0.2, -0.15) is 5.10 Å². The average molecular weight is 404 g/mol. The Kier molecular flexibility index (Phi) is 4.92. The number of halogens is 1. The number of benzene rings is 1. The Morgan fingerprint density at radius 3 is 2.83 bits per heavy atom. The number of anilines is 1. The monoisotopic (exact) mass is 403 g/mol. The number of rotatable bonds is 4. The fraction of sp³-hybridized carbons (Fsp3) is 0.118. The zero-order chi connectivity index (χ0) is 17.1. The topological polar surface area (TPSA) is 64.0 Å². The van der Waals surface area contributed by atoms with Crippen LogP contribution in [0.15, 0.2) is 57.1 Å². The molecule has 0 radical (unpaired) electrons. The second-order valence-corrected chi connectivity index (χ2v) is 7.01. The lowest BCUT2D eigenvalue weighted by Gasteiger charge is -2.09. The molecular weight excluding hydrogens is 390 g/mol. The number of hydrogen-bond donors (Lipinski definition) is 1. The van der Waals surface area contributed by atoms with Crippen LogP contribution in [0, 0.1) is 6.92 Å². The number of carbonyl (C=O) groups is 1. The quantitative estimate of drug-likeness (QED) is 0.722. The van der Waals surface area contributed by atoms with E-state index in [0.717, 1.165) is 14.9 Å². The van der Waals surface area contributed by atoms with E-state index in [9.17, 15) is 9.59 Å². The van der Waals surface area contributed by atoms with E-state index in [1.807, 2.05) is 36.6 Å². The normalized spacial score (nSPS) is 10.6. The number of thiophene rings is 1. The largest absolute Gasteiger partial charge is 0.324 e. The van der Waals surface area contributed by atoms with Crippen LogP contribution in [-0.2, 0) is 11.3 Å². The van der Waals surface area contributed by atoms with E-state index >= 15 is 0 Å². The molecule has 5 nitrogen and oxygen atoms in total. The second kappa shape index (κ2) is 7.11. The summed E-state index contributed by atoms with van der Waals surface area (Å²) in [4.78, 5) is 25.1. The highest BCUT2D eigenvalue weighted by Crippen LogP contribution is 2.21. The smallest absolute Gasteiger partial charge is 0.267 e. The van der Waals surface area contributed by atoms with Crippen molar-refractivity contribution in [1.29, 1.82) is 0 Å². The Hall–Kier alpha value is -2.25. The molecule has 122 valence electrons. The van der Waals surface area contributed by atoms with Gasteiger partial charge in [-0.1, -0.05) is 22.0 Å². The van der Waals surface area contributed by atoms with E-state index in [-0.39, 0.29) is 18.0 Å². The molecule has 0 atom stereocenters. The van der Waals surface area contributed by atoms with Crippen molar-refractivity contribution in [2.75, 3.05) is 5.32 Å². The molecule has 2 heterocycles. The highest BCUT2D eigenvalue weighted by atomic mass is 79.9. The summed E-state index contributed by atoms with van der Waals surface area (Å²) < 4.78 is 2.15. The summed E-state index contributed by atoms with van der Waals surface area (Å²) in [5.41, 5.74) is 2.07. The van der Waals surface area contributed by atoms with Gasteiger partial charge >= 0.3 is 0 Å². The molecule has 0 aliphatic carbocycles. The molecule has 0 bridgehead atoms. The summed E-state index contributed by atoms with van der Waals surface area (Å²) in [6, 6.07) is 12.5. The minimum absolute atomic E-state index is 0.132. The summed E-state index contributed by atoms with van der Waals surface area (Å²) in [6.07, 6.45) is 0. The van der Waals surface area contributed by atoms with Crippen molar-refractivity contribution in [1.82, 2.24) is 9.78 Å². The standard InChI is InChI=1S/C17H14BrN3O2S/c1-11-9-12(4-5-13(11)18)19-16(22)10-21-17(23)7-6-14(20-21)15-3-2-8-24-15/h2-9H,10H2,1H3,(H,19,22). The van der Waals surface area contributed by atoms with E-state index < -0.39 is 0 Å². The van der Waals surface area contributed by atoms with Gasteiger partial charge in [0.15, 0.2) is 0 Å². The number of nitrogens with one attached hydrogen (secondary N) is 1. The number of hydrogen-bond acceptors (Lipinski definition) is 4. The van der Waals surface area contributed by atoms with Crippen LogP contribution in [0.3, 0.4) is 0 Å². The number of aromatic nitrogens is 2. The fourth-order valence-electron chi connectivity index (χ4n) is 2.18. The summed E-state index contributed by atoms with van der Waals surface area (Å²) in [5, 5.41) is 9.00. The van der Waals surface area contributed by atoms with Crippen LogP contribution in [-0.4, -0.2) is 15.7 Å². The van der Waals surface area contributed by atoms with Crippen molar-refractivity contribution in [3.05, 3.63) is 68.2 Å². The zero-order valence-electron chi connectivity index (χ0n) is 12.8. The maximum atomic E-state index is 12.2. The van der Waals surface area contributed by atoms with E-state index in [1.54, 1.807) is 12.1 Å². The van der Waals surface area contributed by atoms with Crippen molar-refractivity contribution in [2.24, 2.45) is 0 Å². The van der Waals surface area contributed by atoms with E-state index in [2.05, 4.69) is 26.3 Å². The lowest BCUT2D eigenvalue weighted by atomic mass is 10.2. The van der Waals surface area contributed by atoms with Crippen molar-refractivity contribution in [2.45, 2.75) is 13.5 Å². The minimum Gasteiger partial charge on any atom is -0.324 e.